The van der Waals surface area contributed by atoms with Gasteiger partial charge in [0.05, 0.1) is 0 Å². The van der Waals surface area contributed by atoms with Crippen LogP contribution in [0.3, 0.4) is 0 Å². The number of ether oxygens (including phenoxy) is 1. The highest BCUT2D eigenvalue weighted by Gasteiger charge is 2.33. The predicted octanol–water partition coefficient (Wildman–Crippen LogP) is 2.78. The fourth-order valence-corrected chi connectivity index (χ4v) is 1.08. The van der Waals surface area contributed by atoms with Crippen LogP contribution in [0.4, 0.5) is 0 Å². The van der Waals surface area contributed by atoms with Gasteiger partial charge >= 0.3 is 5.97 Å². The zero-order valence-electron chi connectivity index (χ0n) is 7.95. The quantitative estimate of drug-likeness (QED) is 0.486. The minimum absolute atomic E-state index is 0.358. The minimum atomic E-state index is -2.16. The van der Waals surface area contributed by atoms with E-state index in [1.54, 1.807) is 30.3 Å². The molecule has 16 heavy (non-hydrogen) atoms. The highest BCUT2D eigenvalue weighted by Crippen LogP contribution is 2.27. The van der Waals surface area contributed by atoms with Gasteiger partial charge in [-0.2, -0.15) is 0 Å². The molecule has 0 saturated heterocycles. The number of carbonyl (C=O) groups is 2. The summed E-state index contributed by atoms with van der Waals surface area (Å²) in [6, 6.07) is 8.37. The van der Waals surface area contributed by atoms with Gasteiger partial charge in [0.15, 0.2) is 12.4 Å². The van der Waals surface area contributed by atoms with E-state index in [0.717, 1.165) is 0 Å². The van der Waals surface area contributed by atoms with Crippen LogP contribution in [-0.4, -0.2) is 22.2 Å². The summed E-state index contributed by atoms with van der Waals surface area (Å²) < 4.78 is 2.38. The van der Waals surface area contributed by atoms with Gasteiger partial charge in [0.1, 0.15) is 0 Å². The van der Waals surface area contributed by atoms with Crippen molar-refractivity contribution in [1.82, 2.24) is 0 Å². The predicted molar refractivity (Wildman–Crippen MR) is 62.0 cm³/mol. The third-order valence-corrected chi connectivity index (χ3v) is 2.12. The first-order valence-electron chi connectivity index (χ1n) is 4.23. The minimum Gasteiger partial charge on any atom is -0.454 e. The van der Waals surface area contributed by atoms with Crippen molar-refractivity contribution >= 4 is 46.6 Å². The Morgan fingerprint density at radius 2 is 1.69 bits per heavy atom. The van der Waals surface area contributed by atoms with E-state index in [4.69, 9.17) is 34.8 Å². The molecule has 0 N–H and O–H groups in total. The van der Waals surface area contributed by atoms with E-state index in [0.29, 0.717) is 5.56 Å². The Kier molecular flexibility index (Phi) is 4.59. The van der Waals surface area contributed by atoms with Crippen molar-refractivity contribution in [2.24, 2.45) is 0 Å². The normalized spacial score (nSPS) is 10.9. The standard InChI is InChI=1S/C10H7Cl3O3/c11-10(12,13)9(15)16-6-8(14)7-4-2-1-3-5-7/h1-5H,6H2. The van der Waals surface area contributed by atoms with Crippen LogP contribution < -0.4 is 0 Å². The van der Waals surface area contributed by atoms with Gasteiger partial charge in [0, 0.05) is 5.56 Å². The summed E-state index contributed by atoms with van der Waals surface area (Å²) >= 11 is 15.8. The van der Waals surface area contributed by atoms with Crippen LogP contribution in [0.1, 0.15) is 10.4 Å². The molecule has 0 aliphatic heterocycles. The summed E-state index contributed by atoms with van der Waals surface area (Å²) in [6.07, 6.45) is 0. The zero-order chi connectivity index (χ0) is 12.2. The van der Waals surface area contributed by atoms with Gasteiger partial charge in [0.2, 0.25) is 0 Å². The molecule has 86 valence electrons. The maximum absolute atomic E-state index is 11.5. The van der Waals surface area contributed by atoms with E-state index in [-0.39, 0.29) is 5.78 Å². The number of halogens is 3. The zero-order valence-corrected chi connectivity index (χ0v) is 10.2. The van der Waals surface area contributed by atoms with Crippen LogP contribution in [0.5, 0.6) is 0 Å². The molecule has 3 nitrogen and oxygen atoms in total. The number of carbonyl (C=O) groups excluding carboxylic acids is 2. The number of Topliss-reactive ketones (excluding diaryl/α,β-unsaturated/α-hetero) is 1. The summed E-state index contributed by atoms with van der Waals surface area (Å²) in [5, 5.41) is 0. The molecule has 0 fully saturated rings. The summed E-state index contributed by atoms with van der Waals surface area (Å²) in [5.41, 5.74) is 0.430. The van der Waals surface area contributed by atoms with Gasteiger partial charge in [-0.1, -0.05) is 65.1 Å². The highest BCUT2D eigenvalue weighted by atomic mass is 35.6. The molecule has 0 spiro atoms. The molecular weight excluding hydrogens is 274 g/mol. The second-order valence-electron chi connectivity index (χ2n) is 2.86. The lowest BCUT2D eigenvalue weighted by molar-refractivity contribution is -0.141. The van der Waals surface area contributed by atoms with Crippen LogP contribution in [0.15, 0.2) is 30.3 Å². The van der Waals surface area contributed by atoms with Crippen molar-refractivity contribution < 1.29 is 14.3 Å². The van der Waals surface area contributed by atoms with Gasteiger partial charge in [-0.3, -0.25) is 4.79 Å². The number of benzene rings is 1. The Morgan fingerprint density at radius 1 is 1.12 bits per heavy atom. The van der Waals surface area contributed by atoms with E-state index in [1.165, 1.54) is 0 Å². The van der Waals surface area contributed by atoms with Gasteiger partial charge < -0.3 is 4.74 Å². The van der Waals surface area contributed by atoms with Crippen LogP contribution in [-0.2, 0) is 9.53 Å². The van der Waals surface area contributed by atoms with Crippen molar-refractivity contribution in [3.8, 4) is 0 Å². The molecule has 1 aromatic carbocycles. The van der Waals surface area contributed by atoms with Gasteiger partial charge in [0.25, 0.3) is 3.79 Å². The average molecular weight is 282 g/mol. The summed E-state index contributed by atoms with van der Waals surface area (Å²) in [4.78, 5) is 22.5. The number of hydrogen-bond acceptors (Lipinski definition) is 3. The average Bonchev–Trinajstić information content (AvgIpc) is 2.25. The van der Waals surface area contributed by atoms with E-state index < -0.39 is 16.4 Å². The number of esters is 1. The first kappa shape index (κ1) is 13.3. The Morgan fingerprint density at radius 3 is 2.19 bits per heavy atom. The molecule has 0 radical (unpaired) electrons. The number of ketones is 1. The van der Waals surface area contributed by atoms with Crippen molar-refractivity contribution in [3.63, 3.8) is 0 Å². The van der Waals surface area contributed by atoms with Gasteiger partial charge in [-0.15, -0.1) is 0 Å². The second kappa shape index (κ2) is 5.53. The van der Waals surface area contributed by atoms with Crippen molar-refractivity contribution in [2.45, 2.75) is 3.79 Å². The maximum atomic E-state index is 11.5. The lowest BCUT2D eigenvalue weighted by Crippen LogP contribution is -2.24. The Labute approximate surface area is 107 Å². The molecule has 0 amide bonds. The van der Waals surface area contributed by atoms with Gasteiger partial charge in [-0.25, -0.2) is 4.79 Å². The third-order valence-electron chi connectivity index (χ3n) is 1.66. The fraction of sp³-hybridized carbons (Fsp3) is 0.200. The van der Waals surface area contributed by atoms with E-state index in [9.17, 15) is 9.59 Å². The van der Waals surface area contributed by atoms with Crippen LogP contribution in [0.2, 0.25) is 0 Å². The maximum Gasteiger partial charge on any atom is 0.358 e. The summed E-state index contributed by atoms with van der Waals surface area (Å²) in [6.45, 7) is -0.448. The van der Waals surface area contributed by atoms with E-state index in [1.807, 2.05) is 0 Å². The van der Waals surface area contributed by atoms with Gasteiger partial charge in [-0.05, 0) is 0 Å². The topological polar surface area (TPSA) is 43.4 Å². The second-order valence-corrected chi connectivity index (χ2v) is 5.14. The molecule has 0 atom stereocenters. The number of rotatable bonds is 3. The Balaban J connectivity index is 2.52. The molecule has 1 aromatic rings. The van der Waals surface area contributed by atoms with Crippen molar-refractivity contribution in [2.75, 3.05) is 6.61 Å². The Bertz CT molecular complexity index is 384. The highest BCUT2D eigenvalue weighted by molar-refractivity contribution is 6.75. The molecule has 1 rings (SSSR count). The van der Waals surface area contributed by atoms with Crippen molar-refractivity contribution in [3.05, 3.63) is 35.9 Å². The molecule has 0 aromatic heterocycles. The molecule has 0 aliphatic carbocycles. The van der Waals surface area contributed by atoms with Crippen LogP contribution >= 0.6 is 34.8 Å². The Hall–Kier alpha value is -0.770. The van der Waals surface area contributed by atoms with Crippen molar-refractivity contribution in [1.29, 1.82) is 0 Å². The molecule has 6 heteroatoms. The molecule has 0 bridgehead atoms. The summed E-state index contributed by atoms with van der Waals surface area (Å²) in [7, 11) is 0. The SMILES string of the molecule is O=C(COC(=O)C(Cl)(Cl)Cl)c1ccccc1. The van der Waals surface area contributed by atoms with E-state index >= 15 is 0 Å². The fourth-order valence-electron chi connectivity index (χ4n) is 0.920. The molecule has 0 saturated carbocycles. The molecule has 0 heterocycles. The first-order valence-corrected chi connectivity index (χ1v) is 5.37. The molecule has 0 unspecified atom stereocenters. The largest absolute Gasteiger partial charge is 0.454 e. The molecule has 0 aliphatic rings. The van der Waals surface area contributed by atoms with E-state index in [2.05, 4.69) is 4.74 Å². The molecular formula is C10H7Cl3O3. The monoisotopic (exact) mass is 280 g/mol. The lowest BCUT2D eigenvalue weighted by Gasteiger charge is -2.09. The third kappa shape index (κ3) is 4.00. The van der Waals surface area contributed by atoms with Crippen LogP contribution in [0, 0.1) is 0 Å². The smallest absolute Gasteiger partial charge is 0.358 e. The lowest BCUT2D eigenvalue weighted by atomic mass is 10.1. The first-order chi connectivity index (χ1) is 7.41. The number of hydrogen-bond donors (Lipinski definition) is 0. The van der Waals surface area contributed by atoms with Crippen LogP contribution in [0.25, 0.3) is 0 Å². The number of alkyl halides is 3. The summed E-state index contributed by atoms with van der Waals surface area (Å²) in [5.74, 6) is -1.43.